The van der Waals surface area contributed by atoms with Crippen LogP contribution in [0.15, 0.2) is 48.5 Å². The summed E-state index contributed by atoms with van der Waals surface area (Å²) in [7, 11) is 1.65. The van der Waals surface area contributed by atoms with Gasteiger partial charge in [0.1, 0.15) is 11.5 Å². The molecule has 0 saturated carbocycles. The van der Waals surface area contributed by atoms with Gasteiger partial charge in [-0.15, -0.1) is 0 Å². The molecule has 24 heavy (non-hydrogen) atoms. The molecule has 128 valence electrons. The summed E-state index contributed by atoms with van der Waals surface area (Å²) in [6.45, 7) is 4.86. The Hall–Kier alpha value is -2.49. The van der Waals surface area contributed by atoms with Crippen molar-refractivity contribution in [1.82, 2.24) is 5.32 Å². The summed E-state index contributed by atoms with van der Waals surface area (Å²) in [4.78, 5) is 11.9. The van der Waals surface area contributed by atoms with Gasteiger partial charge in [0.05, 0.1) is 7.11 Å². The minimum atomic E-state index is -0.127. The molecule has 2 rings (SSSR count). The Bertz CT molecular complexity index is 650. The molecule has 0 aliphatic carbocycles. The highest BCUT2D eigenvalue weighted by molar-refractivity contribution is 5.77. The summed E-state index contributed by atoms with van der Waals surface area (Å²) in [5.74, 6) is 1.91. The molecule has 0 bridgehead atoms. The van der Waals surface area contributed by atoms with Gasteiger partial charge >= 0.3 is 0 Å². The molecule has 0 fully saturated rings. The van der Waals surface area contributed by atoms with Crippen LogP contribution in [0.4, 0.5) is 0 Å². The summed E-state index contributed by atoms with van der Waals surface area (Å²) in [6.07, 6.45) is 0.721. The summed E-state index contributed by atoms with van der Waals surface area (Å²) in [5, 5.41) is 2.86. The molecule has 2 aromatic rings. The molecule has 0 heterocycles. The van der Waals surface area contributed by atoms with Crippen molar-refractivity contribution in [2.45, 2.75) is 26.2 Å². The van der Waals surface area contributed by atoms with Crippen LogP contribution in [0.1, 0.15) is 30.9 Å². The van der Waals surface area contributed by atoms with Crippen LogP contribution in [0.3, 0.4) is 0 Å². The molecule has 0 unspecified atom stereocenters. The van der Waals surface area contributed by atoms with E-state index in [1.165, 1.54) is 5.56 Å². The smallest absolute Gasteiger partial charge is 0.257 e. The second kappa shape index (κ2) is 8.96. The lowest BCUT2D eigenvalue weighted by Gasteiger charge is -2.10. The Morgan fingerprint density at radius 3 is 2.46 bits per heavy atom. The number of amides is 1. The van der Waals surface area contributed by atoms with E-state index in [0.717, 1.165) is 17.7 Å². The maximum atomic E-state index is 11.9. The summed E-state index contributed by atoms with van der Waals surface area (Å²) < 4.78 is 10.8. The molecule has 0 aromatic heterocycles. The normalized spacial score (nSPS) is 10.5. The maximum Gasteiger partial charge on any atom is 0.257 e. The fourth-order valence-corrected chi connectivity index (χ4v) is 2.39. The van der Waals surface area contributed by atoms with Crippen molar-refractivity contribution >= 4 is 5.91 Å². The molecule has 0 aliphatic rings. The summed E-state index contributed by atoms with van der Waals surface area (Å²) in [5.41, 5.74) is 2.33. The van der Waals surface area contributed by atoms with Gasteiger partial charge in [-0.25, -0.2) is 0 Å². The molecule has 0 aliphatic heterocycles. The van der Waals surface area contributed by atoms with Gasteiger partial charge in [0, 0.05) is 6.54 Å². The maximum absolute atomic E-state index is 11.9. The first-order chi connectivity index (χ1) is 11.6. The van der Waals surface area contributed by atoms with Gasteiger partial charge in [0.15, 0.2) is 6.61 Å². The highest BCUT2D eigenvalue weighted by Crippen LogP contribution is 2.19. The fraction of sp³-hybridized carbons (Fsp3) is 0.350. The van der Waals surface area contributed by atoms with E-state index in [2.05, 4.69) is 19.2 Å². The van der Waals surface area contributed by atoms with Crippen LogP contribution >= 0.6 is 0 Å². The number of hydrogen-bond acceptors (Lipinski definition) is 3. The predicted octanol–water partition coefficient (Wildman–Crippen LogP) is 3.56. The number of ether oxygens (including phenoxy) is 2. The predicted molar refractivity (Wildman–Crippen MR) is 95.7 cm³/mol. The Morgan fingerprint density at radius 2 is 1.79 bits per heavy atom. The number of benzene rings is 2. The first-order valence-electron chi connectivity index (χ1n) is 8.21. The van der Waals surface area contributed by atoms with E-state index < -0.39 is 0 Å². The average Bonchev–Trinajstić information content (AvgIpc) is 2.60. The molecule has 0 spiro atoms. The van der Waals surface area contributed by atoms with Crippen LogP contribution < -0.4 is 14.8 Å². The number of carbonyl (C=O) groups is 1. The number of nitrogens with one attached hydrogen (secondary N) is 1. The van der Waals surface area contributed by atoms with Gasteiger partial charge in [-0.05, 0) is 41.7 Å². The van der Waals surface area contributed by atoms with Crippen LogP contribution in [0.2, 0.25) is 0 Å². The van der Waals surface area contributed by atoms with Crippen LogP contribution in [-0.2, 0) is 11.2 Å². The quantitative estimate of drug-likeness (QED) is 0.806. The molecule has 4 heteroatoms. The highest BCUT2D eigenvalue weighted by atomic mass is 16.5. The van der Waals surface area contributed by atoms with Crippen LogP contribution in [-0.4, -0.2) is 26.2 Å². The van der Waals surface area contributed by atoms with E-state index >= 15 is 0 Å². The monoisotopic (exact) mass is 327 g/mol. The van der Waals surface area contributed by atoms with Crippen LogP contribution in [0, 0.1) is 0 Å². The lowest BCUT2D eigenvalue weighted by Crippen LogP contribution is -2.30. The minimum absolute atomic E-state index is 0.0208. The number of carbonyl (C=O) groups excluding carboxylic acids is 1. The molecule has 0 atom stereocenters. The van der Waals surface area contributed by atoms with Gasteiger partial charge < -0.3 is 14.8 Å². The third-order valence-corrected chi connectivity index (χ3v) is 3.83. The number of para-hydroxylation sites is 1. The molecule has 1 N–H and O–H groups in total. The number of hydrogen-bond donors (Lipinski definition) is 1. The zero-order chi connectivity index (χ0) is 17.4. The summed E-state index contributed by atoms with van der Waals surface area (Å²) >= 11 is 0. The highest BCUT2D eigenvalue weighted by Gasteiger charge is 2.05. The van der Waals surface area contributed by atoms with Crippen LogP contribution in [0.5, 0.6) is 11.5 Å². The second-order valence-corrected chi connectivity index (χ2v) is 5.92. The van der Waals surface area contributed by atoms with E-state index in [9.17, 15) is 4.79 Å². The zero-order valence-electron chi connectivity index (χ0n) is 14.5. The van der Waals surface area contributed by atoms with Gasteiger partial charge in [-0.1, -0.05) is 44.2 Å². The van der Waals surface area contributed by atoms with Crippen molar-refractivity contribution < 1.29 is 14.3 Å². The molecule has 1 amide bonds. The molecule has 2 aromatic carbocycles. The van der Waals surface area contributed by atoms with Crippen molar-refractivity contribution in [2.24, 2.45) is 0 Å². The Morgan fingerprint density at radius 1 is 1.08 bits per heavy atom. The van der Waals surface area contributed by atoms with Gasteiger partial charge in [-0.3, -0.25) is 4.79 Å². The van der Waals surface area contributed by atoms with Gasteiger partial charge in [0.2, 0.25) is 0 Å². The van der Waals surface area contributed by atoms with E-state index in [-0.39, 0.29) is 12.5 Å². The molecule has 0 saturated heterocycles. The topological polar surface area (TPSA) is 47.6 Å². The first kappa shape index (κ1) is 17.9. The fourth-order valence-electron chi connectivity index (χ4n) is 2.39. The SMILES string of the molecule is COc1ccccc1CCNC(=O)COc1ccc(C(C)C)cc1. The van der Waals surface area contributed by atoms with Crippen molar-refractivity contribution in [1.29, 1.82) is 0 Å². The Balaban J connectivity index is 1.73. The number of methoxy groups -OCH3 is 1. The molecular formula is C20H25NO3. The lowest BCUT2D eigenvalue weighted by molar-refractivity contribution is -0.123. The van der Waals surface area contributed by atoms with Gasteiger partial charge in [-0.2, -0.15) is 0 Å². The van der Waals surface area contributed by atoms with E-state index in [1.54, 1.807) is 7.11 Å². The van der Waals surface area contributed by atoms with E-state index in [1.807, 2.05) is 48.5 Å². The minimum Gasteiger partial charge on any atom is -0.496 e. The molecule has 4 nitrogen and oxygen atoms in total. The molecular weight excluding hydrogens is 302 g/mol. The summed E-state index contributed by atoms with van der Waals surface area (Å²) in [6, 6.07) is 15.7. The molecule has 0 radical (unpaired) electrons. The Labute approximate surface area is 143 Å². The second-order valence-electron chi connectivity index (χ2n) is 5.92. The van der Waals surface area contributed by atoms with E-state index in [0.29, 0.717) is 18.2 Å². The standard InChI is InChI=1S/C20H25NO3/c1-15(2)16-8-10-18(11-9-16)24-14-20(22)21-13-12-17-6-4-5-7-19(17)23-3/h4-11,15H,12-14H2,1-3H3,(H,21,22). The first-order valence-corrected chi connectivity index (χ1v) is 8.21. The third-order valence-electron chi connectivity index (χ3n) is 3.83. The average molecular weight is 327 g/mol. The van der Waals surface area contributed by atoms with Crippen molar-refractivity contribution in [2.75, 3.05) is 20.3 Å². The number of rotatable bonds is 8. The van der Waals surface area contributed by atoms with Crippen LogP contribution in [0.25, 0.3) is 0 Å². The van der Waals surface area contributed by atoms with E-state index in [4.69, 9.17) is 9.47 Å². The lowest BCUT2D eigenvalue weighted by atomic mass is 10.0. The van der Waals surface area contributed by atoms with Crippen molar-refractivity contribution in [3.63, 3.8) is 0 Å². The van der Waals surface area contributed by atoms with Crippen molar-refractivity contribution in [3.8, 4) is 11.5 Å². The van der Waals surface area contributed by atoms with Gasteiger partial charge in [0.25, 0.3) is 5.91 Å². The Kier molecular flexibility index (Phi) is 6.67. The van der Waals surface area contributed by atoms with Crippen molar-refractivity contribution in [3.05, 3.63) is 59.7 Å². The largest absolute Gasteiger partial charge is 0.496 e. The zero-order valence-corrected chi connectivity index (χ0v) is 14.5. The third kappa shape index (κ3) is 5.30.